The Bertz CT molecular complexity index is 614. The molecule has 0 aliphatic carbocycles. The minimum absolute atomic E-state index is 0.310. The van der Waals surface area contributed by atoms with Crippen LogP contribution in [0.3, 0.4) is 0 Å². The van der Waals surface area contributed by atoms with Crippen LogP contribution in [0.1, 0.15) is 42.5 Å². The number of hydrogen-bond acceptors (Lipinski definition) is 4. The van der Waals surface area contributed by atoms with Gasteiger partial charge in [0, 0.05) is 18.4 Å². The van der Waals surface area contributed by atoms with E-state index in [4.69, 9.17) is 14.2 Å². The number of rotatable bonds is 5. The number of hydrogen-bond donors (Lipinski definition) is 0. The molecular weight excluding hydrogens is 318 g/mol. The molecular formula is C20H30NO4+. The summed E-state index contributed by atoms with van der Waals surface area (Å²) in [5.41, 5.74) is 0.458. The highest BCUT2D eigenvalue weighted by atomic mass is 16.5. The summed E-state index contributed by atoms with van der Waals surface area (Å²) in [6, 6.07) is 5.82. The Morgan fingerprint density at radius 1 is 1.12 bits per heavy atom. The Kier molecular flexibility index (Phi) is 5.52. The number of fused-ring (bicyclic) bond motifs is 1. The lowest BCUT2D eigenvalue weighted by Crippen LogP contribution is -2.61. The van der Waals surface area contributed by atoms with Crippen LogP contribution in [-0.2, 0) is 4.74 Å². The highest BCUT2D eigenvalue weighted by molar-refractivity contribution is 5.92. The van der Waals surface area contributed by atoms with Crippen molar-refractivity contribution in [3.8, 4) is 11.5 Å². The number of carbonyl (C=O) groups excluding carboxylic acids is 1. The van der Waals surface area contributed by atoms with Crippen LogP contribution in [0.25, 0.3) is 0 Å². The van der Waals surface area contributed by atoms with Gasteiger partial charge in [-0.1, -0.05) is 0 Å². The molecule has 25 heavy (non-hydrogen) atoms. The molecule has 0 amide bonds. The Labute approximate surface area is 150 Å². The van der Waals surface area contributed by atoms with Crippen LogP contribution in [0.15, 0.2) is 18.2 Å². The molecule has 0 aromatic heterocycles. The van der Waals surface area contributed by atoms with E-state index in [-0.39, 0.29) is 5.97 Å². The first-order valence-electron chi connectivity index (χ1n) is 9.31. The molecule has 0 spiro atoms. The molecule has 2 aliphatic rings. The zero-order chi connectivity index (χ0) is 17.9. The molecule has 2 saturated heterocycles. The molecule has 0 N–H and O–H groups in total. The largest absolute Gasteiger partial charge is 0.497 e. The minimum Gasteiger partial charge on any atom is -0.497 e. The number of quaternary nitrogens is 1. The topological polar surface area (TPSA) is 44.8 Å². The Hall–Kier alpha value is -1.75. The fourth-order valence-corrected chi connectivity index (χ4v) is 4.66. The van der Waals surface area contributed by atoms with Crippen LogP contribution >= 0.6 is 0 Å². The standard InChI is InChI=1S/C20H30NO4/c1-21-11-5-4-8-18(21)15(7-6-12-21)14-25-20(22)17-10-9-16(23-2)13-19(17)24-3/h9-10,13,15,18H,4-8,11-12,14H2,1-3H3/q+1/t15-,18+,21+/m0/s1. The average molecular weight is 348 g/mol. The Morgan fingerprint density at radius 3 is 2.68 bits per heavy atom. The third kappa shape index (κ3) is 3.76. The second-order valence-corrected chi connectivity index (χ2v) is 7.56. The highest BCUT2D eigenvalue weighted by Crippen LogP contribution is 2.36. The molecule has 2 aliphatic heterocycles. The van der Waals surface area contributed by atoms with Gasteiger partial charge in [0.1, 0.15) is 23.7 Å². The van der Waals surface area contributed by atoms with E-state index in [0.717, 1.165) is 10.9 Å². The predicted molar refractivity (Wildman–Crippen MR) is 96.1 cm³/mol. The first-order valence-corrected chi connectivity index (χ1v) is 9.31. The summed E-state index contributed by atoms with van der Waals surface area (Å²) in [6.07, 6.45) is 6.26. The van der Waals surface area contributed by atoms with Crippen LogP contribution in [0.2, 0.25) is 0 Å². The van der Waals surface area contributed by atoms with Gasteiger partial charge in [-0.05, 0) is 37.8 Å². The molecule has 2 fully saturated rings. The van der Waals surface area contributed by atoms with Crippen molar-refractivity contribution >= 4 is 5.97 Å². The van der Waals surface area contributed by atoms with Gasteiger partial charge in [-0.25, -0.2) is 4.79 Å². The third-order valence-electron chi connectivity index (χ3n) is 6.06. The number of nitrogens with zero attached hydrogens (tertiary/aromatic N) is 1. The number of carbonyl (C=O) groups is 1. The lowest BCUT2D eigenvalue weighted by Gasteiger charge is -2.51. The van der Waals surface area contributed by atoms with Gasteiger partial charge in [0.15, 0.2) is 0 Å². The highest BCUT2D eigenvalue weighted by Gasteiger charge is 2.43. The Balaban J connectivity index is 1.66. The van der Waals surface area contributed by atoms with E-state index >= 15 is 0 Å². The number of esters is 1. The van der Waals surface area contributed by atoms with Crippen molar-refractivity contribution in [2.24, 2.45) is 5.92 Å². The van der Waals surface area contributed by atoms with Crippen molar-refractivity contribution in [1.82, 2.24) is 0 Å². The molecule has 0 saturated carbocycles. The van der Waals surface area contributed by atoms with Crippen molar-refractivity contribution in [2.45, 2.75) is 38.1 Å². The molecule has 0 bridgehead atoms. The lowest BCUT2D eigenvalue weighted by atomic mass is 9.82. The normalized spacial score (nSPS) is 28.8. The molecule has 1 aromatic carbocycles. The maximum atomic E-state index is 12.6. The van der Waals surface area contributed by atoms with Gasteiger partial charge in [0.05, 0.1) is 40.4 Å². The quantitative estimate of drug-likeness (QED) is 0.605. The molecule has 0 radical (unpaired) electrons. The van der Waals surface area contributed by atoms with E-state index in [1.165, 1.54) is 38.8 Å². The van der Waals surface area contributed by atoms with Gasteiger partial charge in [0.2, 0.25) is 0 Å². The second-order valence-electron chi connectivity index (χ2n) is 7.56. The van der Waals surface area contributed by atoms with Gasteiger partial charge in [-0.3, -0.25) is 0 Å². The van der Waals surface area contributed by atoms with Crippen molar-refractivity contribution in [3.05, 3.63) is 23.8 Å². The van der Waals surface area contributed by atoms with E-state index in [1.807, 2.05) is 0 Å². The smallest absolute Gasteiger partial charge is 0.341 e. The maximum absolute atomic E-state index is 12.6. The molecule has 1 aromatic rings. The van der Waals surface area contributed by atoms with E-state index in [0.29, 0.717) is 35.6 Å². The summed E-state index contributed by atoms with van der Waals surface area (Å²) < 4.78 is 17.4. The van der Waals surface area contributed by atoms with Gasteiger partial charge in [-0.15, -0.1) is 0 Å². The number of benzene rings is 1. The van der Waals surface area contributed by atoms with Crippen LogP contribution in [-0.4, -0.2) is 57.5 Å². The lowest BCUT2D eigenvalue weighted by molar-refractivity contribution is -0.947. The van der Waals surface area contributed by atoms with E-state index in [1.54, 1.807) is 32.4 Å². The van der Waals surface area contributed by atoms with E-state index < -0.39 is 0 Å². The van der Waals surface area contributed by atoms with Crippen molar-refractivity contribution in [1.29, 1.82) is 0 Å². The molecule has 138 valence electrons. The SMILES string of the molecule is COc1ccc(C(=O)OC[C@@H]2CCC[N@@+]3(C)CCCC[C@H]23)c(OC)c1. The zero-order valence-electron chi connectivity index (χ0n) is 15.6. The van der Waals surface area contributed by atoms with Crippen LogP contribution in [0, 0.1) is 5.92 Å². The summed E-state index contributed by atoms with van der Waals surface area (Å²) in [6.45, 7) is 3.04. The maximum Gasteiger partial charge on any atom is 0.341 e. The van der Waals surface area contributed by atoms with Gasteiger partial charge in [0.25, 0.3) is 0 Å². The molecule has 2 heterocycles. The van der Waals surface area contributed by atoms with Crippen molar-refractivity contribution in [3.63, 3.8) is 0 Å². The molecule has 3 atom stereocenters. The van der Waals surface area contributed by atoms with E-state index in [2.05, 4.69) is 7.05 Å². The van der Waals surface area contributed by atoms with Crippen molar-refractivity contribution < 1.29 is 23.5 Å². The van der Waals surface area contributed by atoms with Gasteiger partial charge >= 0.3 is 5.97 Å². The number of methoxy groups -OCH3 is 2. The summed E-state index contributed by atoms with van der Waals surface area (Å²) in [4.78, 5) is 12.6. The van der Waals surface area contributed by atoms with Crippen molar-refractivity contribution in [2.75, 3.05) is 41.0 Å². The summed E-state index contributed by atoms with van der Waals surface area (Å²) in [5, 5.41) is 0. The first-order chi connectivity index (χ1) is 12.1. The molecule has 5 heteroatoms. The van der Waals surface area contributed by atoms with E-state index in [9.17, 15) is 4.79 Å². The summed E-state index contributed by atoms with van der Waals surface area (Å²) in [5.74, 6) is 1.31. The zero-order valence-corrected chi connectivity index (χ0v) is 15.6. The Morgan fingerprint density at radius 2 is 1.92 bits per heavy atom. The first kappa shape index (κ1) is 18.1. The predicted octanol–water partition coefficient (Wildman–Crippen LogP) is 3.27. The monoisotopic (exact) mass is 348 g/mol. The fraction of sp³-hybridized carbons (Fsp3) is 0.650. The van der Waals surface area contributed by atoms with Crippen LogP contribution in [0.5, 0.6) is 11.5 Å². The second kappa shape index (κ2) is 7.65. The van der Waals surface area contributed by atoms with Crippen LogP contribution < -0.4 is 9.47 Å². The number of piperidine rings is 2. The summed E-state index contributed by atoms with van der Waals surface area (Å²) >= 11 is 0. The molecule has 5 nitrogen and oxygen atoms in total. The summed E-state index contributed by atoms with van der Waals surface area (Å²) in [7, 11) is 5.53. The number of ether oxygens (including phenoxy) is 3. The van der Waals surface area contributed by atoms with Gasteiger partial charge in [-0.2, -0.15) is 0 Å². The van der Waals surface area contributed by atoms with Crippen LogP contribution in [0.4, 0.5) is 0 Å². The average Bonchev–Trinajstić information content (AvgIpc) is 2.64. The molecule has 3 rings (SSSR count). The van der Waals surface area contributed by atoms with Gasteiger partial charge < -0.3 is 18.7 Å². The third-order valence-corrected chi connectivity index (χ3v) is 6.06. The molecule has 0 unspecified atom stereocenters. The fourth-order valence-electron chi connectivity index (χ4n) is 4.66. The minimum atomic E-state index is -0.310.